The van der Waals surface area contributed by atoms with Crippen molar-refractivity contribution in [2.45, 2.75) is 79.0 Å². The predicted octanol–water partition coefficient (Wildman–Crippen LogP) is 4.74. The molecule has 0 saturated carbocycles. The van der Waals surface area contributed by atoms with Gasteiger partial charge >= 0.3 is 5.97 Å². The highest BCUT2D eigenvalue weighted by Gasteiger charge is 2.29. The second-order valence-corrected chi connectivity index (χ2v) is 12.4. The van der Waals surface area contributed by atoms with Crippen LogP contribution >= 0.6 is 0 Å². The summed E-state index contributed by atoms with van der Waals surface area (Å²) in [7, 11) is 0. The first-order valence-corrected chi connectivity index (χ1v) is 16.7. The van der Waals surface area contributed by atoms with Gasteiger partial charge in [0.15, 0.2) is 0 Å². The summed E-state index contributed by atoms with van der Waals surface area (Å²) in [5.41, 5.74) is 4.14. The molecule has 258 valence electrons. The summed E-state index contributed by atoms with van der Waals surface area (Å²) in [6, 6.07) is 15.0. The van der Waals surface area contributed by atoms with Crippen LogP contribution in [-0.2, 0) is 46.5 Å². The molecule has 1 N–H and O–H groups in total. The molecule has 0 aliphatic carbocycles. The number of esters is 1. The molecule has 12 heteroatoms. The molecule has 2 aromatic carbocycles. The molecule has 0 fully saturated rings. The van der Waals surface area contributed by atoms with Crippen LogP contribution in [0.25, 0.3) is 22.5 Å². The van der Waals surface area contributed by atoms with E-state index in [1.54, 1.807) is 4.90 Å². The fourth-order valence-electron chi connectivity index (χ4n) is 5.32. The lowest BCUT2D eigenvalue weighted by Crippen LogP contribution is -2.34. The van der Waals surface area contributed by atoms with E-state index >= 15 is 0 Å². The van der Waals surface area contributed by atoms with Crippen molar-refractivity contribution in [1.82, 2.24) is 20.3 Å². The molecule has 0 bridgehead atoms. The zero-order chi connectivity index (χ0) is 34.5. The third-order valence-electron chi connectivity index (χ3n) is 7.82. The van der Waals surface area contributed by atoms with Gasteiger partial charge in [0.05, 0.1) is 43.9 Å². The van der Waals surface area contributed by atoms with Crippen molar-refractivity contribution in [3.63, 3.8) is 0 Å². The Morgan fingerprint density at radius 3 is 2.38 bits per heavy atom. The molecule has 1 aromatic heterocycles. The molecule has 0 radical (unpaired) electrons. The Kier molecular flexibility index (Phi) is 13.8. The van der Waals surface area contributed by atoms with E-state index in [2.05, 4.69) is 29.5 Å². The van der Waals surface area contributed by atoms with E-state index in [4.69, 9.17) is 14.2 Å². The van der Waals surface area contributed by atoms with Crippen molar-refractivity contribution in [1.29, 1.82) is 0 Å². The van der Waals surface area contributed by atoms with Crippen molar-refractivity contribution >= 4 is 29.3 Å². The Balaban J connectivity index is 1.41. The number of anilines is 1. The SMILES string of the molecule is CC(C)CCC(=O)CCOCCNC(=O)CCC(=O)N1Cc2ccccc2-c2nnn(CC(=O)OCCOC(C)C)c2-c2ccccc21. The standard InChI is InChI=1S/C36H47N5O7/c1-25(2)13-14-28(42)17-19-46-20-18-37-32(43)15-16-33(44)40-23-27-9-5-6-10-29(27)35-36(30-11-7-8-12-31(30)40)41(39-38-35)24-34(45)48-22-21-47-26(3)4/h5-12,25-26H,13-24H2,1-4H3,(H,37,43). The smallest absolute Gasteiger partial charge is 0.327 e. The van der Waals surface area contributed by atoms with Crippen LogP contribution in [-0.4, -0.2) is 77.6 Å². The van der Waals surface area contributed by atoms with Gasteiger partial charge in [-0.15, -0.1) is 5.10 Å². The zero-order valence-electron chi connectivity index (χ0n) is 28.4. The summed E-state index contributed by atoms with van der Waals surface area (Å²) < 4.78 is 17.9. The van der Waals surface area contributed by atoms with Crippen molar-refractivity contribution in [2.24, 2.45) is 5.92 Å². The zero-order valence-corrected chi connectivity index (χ0v) is 28.4. The molecule has 1 aliphatic heterocycles. The first kappa shape index (κ1) is 36.4. The molecule has 0 spiro atoms. The molecule has 0 unspecified atom stereocenters. The van der Waals surface area contributed by atoms with Gasteiger partial charge in [0, 0.05) is 43.4 Å². The highest BCUT2D eigenvalue weighted by molar-refractivity contribution is 6.01. The quantitative estimate of drug-likeness (QED) is 0.151. The maximum absolute atomic E-state index is 13.8. The van der Waals surface area contributed by atoms with E-state index in [-0.39, 0.29) is 62.8 Å². The lowest BCUT2D eigenvalue weighted by molar-refractivity contribution is -0.146. The van der Waals surface area contributed by atoms with Crippen LogP contribution in [0.3, 0.4) is 0 Å². The lowest BCUT2D eigenvalue weighted by Gasteiger charge is -2.28. The lowest BCUT2D eigenvalue weighted by atomic mass is 9.95. The van der Waals surface area contributed by atoms with Crippen LogP contribution in [0.4, 0.5) is 5.69 Å². The average Bonchev–Trinajstić information content (AvgIpc) is 3.46. The van der Waals surface area contributed by atoms with Crippen LogP contribution < -0.4 is 10.2 Å². The number of nitrogens with one attached hydrogen (secondary N) is 1. The Hall–Kier alpha value is -4.42. The van der Waals surface area contributed by atoms with Gasteiger partial charge in [0.1, 0.15) is 24.6 Å². The van der Waals surface area contributed by atoms with Gasteiger partial charge in [-0.25, -0.2) is 4.68 Å². The van der Waals surface area contributed by atoms with Gasteiger partial charge in [-0.1, -0.05) is 61.5 Å². The number of carbonyl (C=O) groups excluding carboxylic acids is 4. The molecule has 3 aromatic rings. The van der Waals surface area contributed by atoms with Gasteiger partial charge in [0.2, 0.25) is 11.8 Å². The second kappa shape index (κ2) is 18.2. The topological polar surface area (TPSA) is 142 Å². The van der Waals surface area contributed by atoms with E-state index in [1.807, 2.05) is 62.4 Å². The minimum absolute atomic E-state index is 0.00391. The molecule has 12 nitrogen and oxygen atoms in total. The highest BCUT2D eigenvalue weighted by atomic mass is 16.6. The molecule has 48 heavy (non-hydrogen) atoms. The molecule has 4 rings (SSSR count). The highest BCUT2D eigenvalue weighted by Crippen LogP contribution is 2.41. The fourth-order valence-corrected chi connectivity index (χ4v) is 5.32. The number of nitrogens with zero attached hydrogens (tertiary/aromatic N) is 4. The van der Waals surface area contributed by atoms with E-state index in [0.29, 0.717) is 61.2 Å². The van der Waals surface area contributed by atoms with Gasteiger partial charge in [-0.3, -0.25) is 19.2 Å². The summed E-state index contributed by atoms with van der Waals surface area (Å²) in [6.07, 6.45) is 1.82. The number of fused-ring (bicyclic) bond motifs is 5. The number of para-hydroxylation sites is 1. The molecular formula is C36H47N5O7. The minimum Gasteiger partial charge on any atom is -0.462 e. The average molecular weight is 662 g/mol. The molecule has 0 saturated heterocycles. The third kappa shape index (κ3) is 10.5. The predicted molar refractivity (Wildman–Crippen MR) is 181 cm³/mol. The Bertz CT molecular complexity index is 1550. The molecule has 2 amide bonds. The number of hydrogen-bond donors (Lipinski definition) is 1. The Morgan fingerprint density at radius 1 is 0.854 bits per heavy atom. The molecule has 2 heterocycles. The van der Waals surface area contributed by atoms with Gasteiger partial charge in [-0.2, -0.15) is 0 Å². The normalized spacial score (nSPS) is 12.2. The van der Waals surface area contributed by atoms with Crippen LogP contribution in [0.1, 0.15) is 65.4 Å². The van der Waals surface area contributed by atoms with Gasteiger partial charge in [0.25, 0.3) is 0 Å². The maximum atomic E-state index is 13.8. The first-order chi connectivity index (χ1) is 23.1. The fraction of sp³-hybridized carbons (Fsp3) is 0.500. The summed E-state index contributed by atoms with van der Waals surface area (Å²) in [4.78, 5) is 52.8. The van der Waals surface area contributed by atoms with Crippen molar-refractivity contribution in [2.75, 3.05) is 37.9 Å². The number of hydrogen-bond acceptors (Lipinski definition) is 9. The number of Topliss-reactive ketones (excluding diaryl/α,β-unsaturated/α-hetero) is 1. The number of amides is 2. The number of benzene rings is 2. The number of ether oxygens (including phenoxy) is 3. The Morgan fingerprint density at radius 2 is 1.60 bits per heavy atom. The van der Waals surface area contributed by atoms with E-state index < -0.39 is 5.97 Å². The van der Waals surface area contributed by atoms with E-state index in [9.17, 15) is 19.2 Å². The largest absolute Gasteiger partial charge is 0.462 e. The monoisotopic (exact) mass is 661 g/mol. The van der Waals surface area contributed by atoms with Crippen molar-refractivity contribution in [3.8, 4) is 22.5 Å². The van der Waals surface area contributed by atoms with Gasteiger partial charge in [-0.05, 0) is 37.8 Å². The third-order valence-corrected chi connectivity index (χ3v) is 7.82. The minimum atomic E-state index is -0.484. The summed E-state index contributed by atoms with van der Waals surface area (Å²) >= 11 is 0. The summed E-state index contributed by atoms with van der Waals surface area (Å²) in [6.45, 7) is 9.41. The number of rotatable bonds is 18. The first-order valence-electron chi connectivity index (χ1n) is 16.7. The summed E-state index contributed by atoms with van der Waals surface area (Å²) in [5.74, 6) is -0.299. The molecule has 1 aliphatic rings. The maximum Gasteiger partial charge on any atom is 0.327 e. The van der Waals surface area contributed by atoms with Crippen LogP contribution in [0.5, 0.6) is 0 Å². The Labute approximate surface area is 282 Å². The summed E-state index contributed by atoms with van der Waals surface area (Å²) in [5, 5.41) is 11.6. The number of ketones is 1. The number of carbonyl (C=O) groups is 4. The number of aromatic nitrogens is 3. The van der Waals surface area contributed by atoms with Gasteiger partial charge < -0.3 is 24.4 Å². The van der Waals surface area contributed by atoms with Crippen molar-refractivity contribution in [3.05, 3.63) is 54.1 Å². The van der Waals surface area contributed by atoms with E-state index in [0.717, 1.165) is 17.5 Å². The van der Waals surface area contributed by atoms with E-state index in [1.165, 1.54) is 4.68 Å². The van der Waals surface area contributed by atoms with Crippen molar-refractivity contribution < 1.29 is 33.4 Å². The van der Waals surface area contributed by atoms with Crippen LogP contribution in [0, 0.1) is 5.92 Å². The molecule has 0 atom stereocenters. The molecular weight excluding hydrogens is 614 g/mol. The van der Waals surface area contributed by atoms with Crippen LogP contribution in [0.2, 0.25) is 0 Å². The second-order valence-electron chi connectivity index (χ2n) is 12.4. The van der Waals surface area contributed by atoms with Crippen LogP contribution in [0.15, 0.2) is 48.5 Å².